The van der Waals surface area contributed by atoms with Gasteiger partial charge >= 0.3 is 0 Å². The maximum Gasteiger partial charge on any atom is 0.238 e. The zero-order valence-corrected chi connectivity index (χ0v) is 12.1. The molecule has 1 aromatic rings. The van der Waals surface area contributed by atoms with E-state index < -0.39 is 0 Å². The maximum atomic E-state index is 12.0. The van der Waals surface area contributed by atoms with Crippen molar-refractivity contribution in [3.63, 3.8) is 0 Å². The van der Waals surface area contributed by atoms with Gasteiger partial charge in [0.05, 0.1) is 13.2 Å². The third-order valence-corrected chi connectivity index (χ3v) is 4.11. The van der Waals surface area contributed by atoms with Gasteiger partial charge in [-0.1, -0.05) is 26.0 Å². The number of carbonyl (C=O) groups is 1. The first-order valence-electron chi connectivity index (χ1n) is 7.48. The molecule has 3 unspecified atom stereocenters. The highest BCUT2D eigenvalue weighted by molar-refractivity contribution is 5.81. The summed E-state index contributed by atoms with van der Waals surface area (Å²) in [7, 11) is 0. The summed E-state index contributed by atoms with van der Waals surface area (Å²) in [4.78, 5) is 14.1. The number of benzene rings is 1. The second kappa shape index (κ2) is 5.44. The SMILES string of the molecule is CCCOc1ccc(C2NCC(=O)N2C2CC2C)cc1. The number of nitrogens with zero attached hydrogens (tertiary/aromatic N) is 1. The van der Waals surface area contributed by atoms with Crippen LogP contribution in [0.2, 0.25) is 0 Å². The molecule has 1 aromatic carbocycles. The average Bonchev–Trinajstić information content (AvgIpc) is 3.05. The van der Waals surface area contributed by atoms with E-state index in [1.807, 2.05) is 17.0 Å². The molecule has 1 aliphatic carbocycles. The highest BCUT2D eigenvalue weighted by Crippen LogP contribution is 2.40. The van der Waals surface area contributed by atoms with Crippen LogP contribution in [-0.2, 0) is 4.79 Å². The highest BCUT2D eigenvalue weighted by Gasteiger charge is 2.46. The minimum absolute atomic E-state index is 0.0256. The molecule has 1 aliphatic heterocycles. The first-order chi connectivity index (χ1) is 9.70. The Balaban J connectivity index is 1.73. The Kier molecular flexibility index (Phi) is 3.66. The third-order valence-electron chi connectivity index (χ3n) is 4.11. The second-order valence-electron chi connectivity index (χ2n) is 5.78. The van der Waals surface area contributed by atoms with Crippen LogP contribution in [0.4, 0.5) is 0 Å². The molecule has 108 valence electrons. The van der Waals surface area contributed by atoms with Crippen LogP contribution in [0.15, 0.2) is 24.3 Å². The van der Waals surface area contributed by atoms with E-state index in [9.17, 15) is 4.79 Å². The van der Waals surface area contributed by atoms with Crippen molar-refractivity contribution >= 4 is 5.91 Å². The van der Waals surface area contributed by atoms with Crippen LogP contribution in [-0.4, -0.2) is 30.0 Å². The smallest absolute Gasteiger partial charge is 0.238 e. The number of ether oxygens (including phenoxy) is 1. The summed E-state index contributed by atoms with van der Waals surface area (Å²) < 4.78 is 5.60. The van der Waals surface area contributed by atoms with Crippen LogP contribution >= 0.6 is 0 Å². The maximum absolute atomic E-state index is 12.0. The van der Waals surface area contributed by atoms with E-state index in [1.54, 1.807) is 0 Å². The Morgan fingerprint density at radius 2 is 2.05 bits per heavy atom. The average molecular weight is 274 g/mol. The van der Waals surface area contributed by atoms with Crippen LogP contribution in [0.5, 0.6) is 5.75 Å². The molecule has 1 saturated heterocycles. The Hall–Kier alpha value is -1.55. The number of amides is 1. The third kappa shape index (κ3) is 2.52. The Bertz CT molecular complexity index is 486. The Labute approximate surface area is 120 Å². The molecule has 0 radical (unpaired) electrons. The van der Waals surface area contributed by atoms with Crippen molar-refractivity contribution in [2.75, 3.05) is 13.2 Å². The van der Waals surface area contributed by atoms with Crippen molar-refractivity contribution in [2.24, 2.45) is 5.92 Å². The van der Waals surface area contributed by atoms with Crippen molar-refractivity contribution in [1.29, 1.82) is 0 Å². The fourth-order valence-corrected chi connectivity index (χ4v) is 2.83. The zero-order valence-electron chi connectivity index (χ0n) is 12.1. The molecule has 0 aromatic heterocycles. The number of hydrogen-bond donors (Lipinski definition) is 1. The summed E-state index contributed by atoms with van der Waals surface area (Å²) in [6.07, 6.45) is 2.16. The molecule has 1 saturated carbocycles. The summed E-state index contributed by atoms with van der Waals surface area (Å²) in [6.45, 7) is 5.49. The molecule has 0 bridgehead atoms. The van der Waals surface area contributed by atoms with Crippen LogP contribution < -0.4 is 10.1 Å². The first-order valence-corrected chi connectivity index (χ1v) is 7.48. The fraction of sp³-hybridized carbons (Fsp3) is 0.562. The predicted octanol–water partition coefficient (Wildman–Crippen LogP) is 2.31. The van der Waals surface area contributed by atoms with E-state index in [0.29, 0.717) is 18.5 Å². The van der Waals surface area contributed by atoms with Gasteiger partial charge in [-0.25, -0.2) is 0 Å². The topological polar surface area (TPSA) is 41.6 Å². The molecule has 1 heterocycles. The summed E-state index contributed by atoms with van der Waals surface area (Å²) in [5, 5.41) is 3.31. The molecule has 4 heteroatoms. The van der Waals surface area contributed by atoms with E-state index in [0.717, 1.165) is 30.8 Å². The van der Waals surface area contributed by atoms with Crippen LogP contribution in [0, 0.1) is 5.92 Å². The molecule has 3 atom stereocenters. The lowest BCUT2D eigenvalue weighted by atomic mass is 10.1. The quantitative estimate of drug-likeness (QED) is 0.896. The number of nitrogens with one attached hydrogen (secondary N) is 1. The molecule has 20 heavy (non-hydrogen) atoms. The molecule has 4 nitrogen and oxygen atoms in total. The minimum atomic E-state index is 0.0256. The van der Waals surface area contributed by atoms with Gasteiger partial charge in [-0.05, 0) is 36.5 Å². The summed E-state index contributed by atoms with van der Waals surface area (Å²) in [6, 6.07) is 8.51. The lowest BCUT2D eigenvalue weighted by Crippen LogP contribution is -2.33. The van der Waals surface area contributed by atoms with Crippen LogP contribution in [0.1, 0.15) is 38.4 Å². The molecular formula is C16H22N2O2. The zero-order chi connectivity index (χ0) is 14.1. The highest BCUT2D eigenvalue weighted by atomic mass is 16.5. The Morgan fingerprint density at radius 3 is 2.65 bits per heavy atom. The largest absolute Gasteiger partial charge is 0.494 e. The second-order valence-corrected chi connectivity index (χ2v) is 5.78. The van der Waals surface area contributed by atoms with Gasteiger partial charge in [0.1, 0.15) is 11.9 Å². The van der Waals surface area contributed by atoms with Crippen molar-refractivity contribution in [3.05, 3.63) is 29.8 Å². The van der Waals surface area contributed by atoms with Gasteiger partial charge in [-0.2, -0.15) is 0 Å². The van der Waals surface area contributed by atoms with Gasteiger partial charge in [0, 0.05) is 6.04 Å². The lowest BCUT2D eigenvalue weighted by molar-refractivity contribution is -0.128. The number of rotatable bonds is 5. The predicted molar refractivity (Wildman–Crippen MR) is 77.4 cm³/mol. The van der Waals surface area contributed by atoms with Crippen molar-refractivity contribution in [2.45, 2.75) is 38.9 Å². The lowest BCUT2D eigenvalue weighted by Gasteiger charge is -2.25. The van der Waals surface area contributed by atoms with Crippen LogP contribution in [0.25, 0.3) is 0 Å². The van der Waals surface area contributed by atoms with E-state index in [1.165, 1.54) is 0 Å². The summed E-state index contributed by atoms with van der Waals surface area (Å²) >= 11 is 0. The van der Waals surface area contributed by atoms with Crippen molar-refractivity contribution in [3.8, 4) is 5.75 Å². The normalized spacial score (nSPS) is 28.8. The van der Waals surface area contributed by atoms with Gasteiger partial charge in [0.25, 0.3) is 0 Å². The molecule has 2 fully saturated rings. The fourth-order valence-electron chi connectivity index (χ4n) is 2.83. The van der Waals surface area contributed by atoms with Crippen LogP contribution in [0.3, 0.4) is 0 Å². The van der Waals surface area contributed by atoms with Gasteiger partial charge in [-0.15, -0.1) is 0 Å². The van der Waals surface area contributed by atoms with Gasteiger partial charge < -0.3 is 9.64 Å². The van der Waals surface area contributed by atoms with Gasteiger partial charge in [0.2, 0.25) is 5.91 Å². The van der Waals surface area contributed by atoms with Gasteiger partial charge in [-0.3, -0.25) is 10.1 Å². The number of carbonyl (C=O) groups excluding carboxylic acids is 1. The Morgan fingerprint density at radius 1 is 1.35 bits per heavy atom. The van der Waals surface area contributed by atoms with Crippen molar-refractivity contribution < 1.29 is 9.53 Å². The standard InChI is InChI=1S/C16H22N2O2/c1-3-8-20-13-6-4-12(5-7-13)16-17-10-15(19)18(16)14-9-11(14)2/h4-7,11,14,16-17H,3,8-10H2,1-2H3. The van der Waals surface area contributed by atoms with E-state index >= 15 is 0 Å². The van der Waals surface area contributed by atoms with E-state index in [-0.39, 0.29) is 12.1 Å². The molecule has 1 amide bonds. The minimum Gasteiger partial charge on any atom is -0.494 e. The molecule has 0 spiro atoms. The van der Waals surface area contributed by atoms with Crippen molar-refractivity contribution in [1.82, 2.24) is 10.2 Å². The molecular weight excluding hydrogens is 252 g/mol. The molecule has 3 rings (SSSR count). The summed E-state index contributed by atoms with van der Waals surface area (Å²) in [5.41, 5.74) is 1.14. The summed E-state index contributed by atoms with van der Waals surface area (Å²) in [5.74, 6) is 1.75. The first kappa shape index (κ1) is 13.4. The number of hydrogen-bond acceptors (Lipinski definition) is 3. The van der Waals surface area contributed by atoms with Gasteiger partial charge in [0.15, 0.2) is 0 Å². The molecule has 1 N–H and O–H groups in total. The molecule has 2 aliphatic rings. The van der Waals surface area contributed by atoms with E-state index in [2.05, 4.69) is 31.3 Å². The van der Waals surface area contributed by atoms with E-state index in [4.69, 9.17) is 4.74 Å². The monoisotopic (exact) mass is 274 g/mol.